The number of pyridine rings is 1. The lowest BCUT2D eigenvalue weighted by molar-refractivity contribution is -0.384. The highest BCUT2D eigenvalue weighted by Gasteiger charge is 2.22. The second kappa shape index (κ2) is 6.48. The summed E-state index contributed by atoms with van der Waals surface area (Å²) in [6.07, 6.45) is 0. The maximum atomic E-state index is 11.2. The standard InChI is InChI=1S/C20H14N6O2/c1-12-17-18(13-6-5-9-15(10-13)26(27)28)16(11-21)19(22)23-20(17)25(24-12)14-7-3-2-4-8-14/h2-10H,1H3,(H2,22,23). The molecule has 0 saturated carbocycles. The molecule has 28 heavy (non-hydrogen) atoms. The first-order valence-electron chi connectivity index (χ1n) is 8.40. The fraction of sp³-hybridized carbons (Fsp3) is 0.0500. The van der Waals surface area contributed by atoms with E-state index in [0.717, 1.165) is 5.69 Å². The molecule has 2 aromatic carbocycles. The Labute approximate surface area is 159 Å². The summed E-state index contributed by atoms with van der Waals surface area (Å²) < 4.78 is 1.66. The molecule has 2 N–H and O–H groups in total. The lowest BCUT2D eigenvalue weighted by atomic mass is 9.96. The average Bonchev–Trinajstić information content (AvgIpc) is 3.03. The van der Waals surface area contributed by atoms with Crippen molar-refractivity contribution in [2.24, 2.45) is 0 Å². The van der Waals surface area contributed by atoms with Crippen molar-refractivity contribution in [3.05, 3.63) is 76.0 Å². The van der Waals surface area contributed by atoms with Crippen molar-refractivity contribution in [2.75, 3.05) is 5.73 Å². The fourth-order valence-corrected chi connectivity index (χ4v) is 3.26. The number of fused-ring (bicyclic) bond motifs is 1. The number of nitriles is 1. The molecule has 0 spiro atoms. The van der Waals surface area contributed by atoms with Crippen LogP contribution in [0.15, 0.2) is 54.6 Å². The predicted molar refractivity (Wildman–Crippen MR) is 105 cm³/mol. The Hall–Kier alpha value is -4.25. The molecule has 8 heteroatoms. The van der Waals surface area contributed by atoms with Gasteiger partial charge in [0.1, 0.15) is 17.5 Å². The number of hydrogen-bond acceptors (Lipinski definition) is 6. The summed E-state index contributed by atoms with van der Waals surface area (Å²) in [7, 11) is 0. The monoisotopic (exact) mass is 370 g/mol. The number of nitrogens with two attached hydrogens (primary N) is 1. The Balaban J connectivity index is 2.11. The van der Waals surface area contributed by atoms with E-state index in [4.69, 9.17) is 5.73 Å². The van der Waals surface area contributed by atoms with Gasteiger partial charge in [0.15, 0.2) is 5.65 Å². The molecule has 0 unspecified atom stereocenters. The van der Waals surface area contributed by atoms with Crippen molar-refractivity contribution >= 4 is 22.5 Å². The van der Waals surface area contributed by atoms with Gasteiger partial charge in [0.2, 0.25) is 0 Å². The van der Waals surface area contributed by atoms with Crippen LogP contribution in [0, 0.1) is 28.4 Å². The average molecular weight is 370 g/mol. The van der Waals surface area contributed by atoms with Gasteiger partial charge in [0.05, 0.1) is 21.7 Å². The van der Waals surface area contributed by atoms with Crippen molar-refractivity contribution in [1.29, 1.82) is 5.26 Å². The molecule has 8 nitrogen and oxygen atoms in total. The second-order valence-electron chi connectivity index (χ2n) is 6.20. The van der Waals surface area contributed by atoms with Crippen LogP contribution in [0.5, 0.6) is 0 Å². The van der Waals surface area contributed by atoms with E-state index in [1.165, 1.54) is 12.1 Å². The molecule has 136 valence electrons. The van der Waals surface area contributed by atoms with Crippen LogP contribution in [-0.4, -0.2) is 19.7 Å². The van der Waals surface area contributed by atoms with E-state index < -0.39 is 4.92 Å². The minimum Gasteiger partial charge on any atom is -0.383 e. The molecule has 0 amide bonds. The van der Waals surface area contributed by atoms with Gasteiger partial charge in [-0.1, -0.05) is 30.3 Å². The summed E-state index contributed by atoms with van der Waals surface area (Å²) >= 11 is 0. The molecule has 0 saturated heterocycles. The van der Waals surface area contributed by atoms with Crippen molar-refractivity contribution in [2.45, 2.75) is 6.92 Å². The number of rotatable bonds is 3. The summed E-state index contributed by atoms with van der Waals surface area (Å²) in [6, 6.07) is 17.6. The molecule has 2 aromatic heterocycles. The van der Waals surface area contributed by atoms with Crippen molar-refractivity contribution in [3.63, 3.8) is 0 Å². The van der Waals surface area contributed by atoms with Crippen molar-refractivity contribution in [1.82, 2.24) is 14.8 Å². The first-order valence-corrected chi connectivity index (χ1v) is 8.40. The number of nitro benzene ring substituents is 1. The number of para-hydroxylation sites is 1. The Morgan fingerprint density at radius 2 is 1.93 bits per heavy atom. The van der Waals surface area contributed by atoms with Crippen LogP contribution in [0.4, 0.5) is 11.5 Å². The minimum atomic E-state index is -0.475. The van der Waals surface area contributed by atoms with E-state index in [0.29, 0.717) is 27.9 Å². The van der Waals surface area contributed by atoms with Crippen molar-refractivity contribution < 1.29 is 4.92 Å². The Morgan fingerprint density at radius 1 is 1.18 bits per heavy atom. The number of aromatic nitrogens is 3. The molecule has 0 aliphatic rings. The molecule has 0 bridgehead atoms. The van der Waals surface area contributed by atoms with Gasteiger partial charge >= 0.3 is 0 Å². The Kier molecular flexibility index (Phi) is 3.98. The molecule has 4 rings (SSSR count). The minimum absolute atomic E-state index is 0.0496. The Bertz CT molecular complexity index is 1270. The summed E-state index contributed by atoms with van der Waals surface area (Å²) in [4.78, 5) is 15.1. The van der Waals surface area contributed by atoms with Crippen LogP contribution in [-0.2, 0) is 0 Å². The maximum Gasteiger partial charge on any atom is 0.270 e. The zero-order valence-corrected chi connectivity index (χ0v) is 14.8. The van der Waals surface area contributed by atoms with Gasteiger partial charge in [-0.25, -0.2) is 9.67 Å². The third-order valence-electron chi connectivity index (χ3n) is 4.48. The van der Waals surface area contributed by atoms with E-state index in [1.807, 2.05) is 37.3 Å². The van der Waals surface area contributed by atoms with Crippen LogP contribution >= 0.6 is 0 Å². The topological polar surface area (TPSA) is 124 Å². The van der Waals surface area contributed by atoms with Crippen LogP contribution < -0.4 is 5.73 Å². The third kappa shape index (κ3) is 2.62. The van der Waals surface area contributed by atoms with E-state index in [-0.39, 0.29) is 17.1 Å². The van der Waals surface area contributed by atoms with Gasteiger partial charge in [-0.05, 0) is 24.6 Å². The van der Waals surface area contributed by atoms with E-state index in [1.54, 1.807) is 16.8 Å². The van der Waals surface area contributed by atoms with Gasteiger partial charge < -0.3 is 5.73 Å². The highest BCUT2D eigenvalue weighted by atomic mass is 16.6. The summed E-state index contributed by atoms with van der Waals surface area (Å²) in [6.45, 7) is 1.81. The fourth-order valence-electron chi connectivity index (χ4n) is 3.26. The van der Waals surface area contributed by atoms with Gasteiger partial charge in [0, 0.05) is 17.7 Å². The third-order valence-corrected chi connectivity index (χ3v) is 4.48. The van der Waals surface area contributed by atoms with Gasteiger partial charge in [0.25, 0.3) is 5.69 Å². The molecule has 2 heterocycles. The van der Waals surface area contributed by atoms with E-state index in [2.05, 4.69) is 16.2 Å². The van der Waals surface area contributed by atoms with Crippen LogP contribution in [0.2, 0.25) is 0 Å². The summed E-state index contributed by atoms with van der Waals surface area (Å²) in [5.41, 5.74) is 9.11. The lowest BCUT2D eigenvalue weighted by Gasteiger charge is -2.10. The highest BCUT2D eigenvalue weighted by molar-refractivity contribution is 6.00. The number of nitro groups is 1. The first-order chi connectivity index (χ1) is 13.5. The summed E-state index contributed by atoms with van der Waals surface area (Å²) in [5.74, 6) is 0.0496. The number of non-ortho nitro benzene ring substituents is 1. The second-order valence-corrected chi connectivity index (χ2v) is 6.20. The normalized spacial score (nSPS) is 10.7. The molecule has 0 fully saturated rings. The smallest absolute Gasteiger partial charge is 0.270 e. The zero-order chi connectivity index (χ0) is 19.8. The SMILES string of the molecule is Cc1nn(-c2ccccc2)c2nc(N)c(C#N)c(-c3cccc([N+](=O)[O-])c3)c12. The van der Waals surface area contributed by atoms with Gasteiger partial charge in [-0.15, -0.1) is 0 Å². The summed E-state index contributed by atoms with van der Waals surface area (Å²) in [5, 5.41) is 26.1. The Morgan fingerprint density at radius 3 is 2.61 bits per heavy atom. The van der Waals surface area contributed by atoms with Gasteiger partial charge in [-0.3, -0.25) is 10.1 Å². The van der Waals surface area contributed by atoms with Crippen LogP contribution in [0.1, 0.15) is 11.3 Å². The molecule has 4 aromatic rings. The lowest BCUT2D eigenvalue weighted by Crippen LogP contribution is -2.02. The van der Waals surface area contributed by atoms with Crippen LogP contribution in [0.3, 0.4) is 0 Å². The molecule has 0 radical (unpaired) electrons. The molecule has 0 aliphatic carbocycles. The number of aryl methyl sites for hydroxylation is 1. The van der Waals surface area contributed by atoms with E-state index >= 15 is 0 Å². The molecular weight excluding hydrogens is 356 g/mol. The number of benzene rings is 2. The predicted octanol–water partition coefficient (Wildman–Crippen LogP) is 3.76. The number of anilines is 1. The maximum absolute atomic E-state index is 11.2. The van der Waals surface area contributed by atoms with Crippen molar-refractivity contribution in [3.8, 4) is 22.9 Å². The quantitative estimate of drug-likeness (QED) is 0.432. The first kappa shape index (κ1) is 17.2. The van der Waals surface area contributed by atoms with Gasteiger partial charge in [-0.2, -0.15) is 10.4 Å². The number of hydrogen-bond donors (Lipinski definition) is 1. The molecule has 0 atom stereocenters. The highest BCUT2D eigenvalue weighted by Crippen LogP contribution is 2.37. The van der Waals surface area contributed by atoms with Crippen LogP contribution in [0.25, 0.3) is 27.8 Å². The largest absolute Gasteiger partial charge is 0.383 e. The zero-order valence-electron chi connectivity index (χ0n) is 14.8. The number of nitrogens with zero attached hydrogens (tertiary/aromatic N) is 5. The molecule has 0 aliphatic heterocycles. The van der Waals surface area contributed by atoms with E-state index in [9.17, 15) is 15.4 Å². The molecular formula is C20H14N6O2. The number of nitrogen functional groups attached to an aromatic ring is 1.